The number of nitrogens with one attached hydrogen (secondary N) is 2. The predicted octanol–water partition coefficient (Wildman–Crippen LogP) is 4.36. The molecule has 0 radical (unpaired) electrons. The molecule has 4 nitrogen and oxygen atoms in total. The summed E-state index contributed by atoms with van der Waals surface area (Å²) in [6, 6.07) is 17.0. The Morgan fingerprint density at radius 2 is 1.89 bits per heavy atom. The maximum absolute atomic E-state index is 5.97. The lowest BCUT2D eigenvalue weighted by molar-refractivity contribution is 0.0915. The van der Waals surface area contributed by atoms with Gasteiger partial charge in [0.1, 0.15) is 0 Å². The summed E-state index contributed by atoms with van der Waals surface area (Å²) in [5, 5.41) is 6.89. The summed E-state index contributed by atoms with van der Waals surface area (Å²) in [4.78, 5) is 4.36. The van der Waals surface area contributed by atoms with E-state index in [1.807, 2.05) is 13.1 Å². The van der Waals surface area contributed by atoms with Crippen LogP contribution >= 0.6 is 24.0 Å². The van der Waals surface area contributed by atoms with Crippen LogP contribution < -0.4 is 10.6 Å². The molecule has 1 heterocycles. The van der Waals surface area contributed by atoms with Crippen molar-refractivity contribution in [1.29, 1.82) is 0 Å². The van der Waals surface area contributed by atoms with Crippen LogP contribution in [0.1, 0.15) is 34.8 Å². The fourth-order valence-electron chi connectivity index (χ4n) is 3.53. The minimum Gasteiger partial charge on any atom is -0.373 e. The van der Waals surface area contributed by atoms with Gasteiger partial charge in [0.15, 0.2) is 5.96 Å². The van der Waals surface area contributed by atoms with Gasteiger partial charge in [-0.05, 0) is 37.0 Å². The number of hydrogen-bond acceptors (Lipinski definition) is 2. The lowest BCUT2D eigenvalue weighted by Gasteiger charge is -2.21. The predicted molar refractivity (Wildman–Crippen MR) is 123 cm³/mol. The van der Waals surface area contributed by atoms with E-state index in [1.54, 1.807) is 0 Å². The summed E-state index contributed by atoms with van der Waals surface area (Å²) in [6.45, 7) is 6.72. The summed E-state index contributed by atoms with van der Waals surface area (Å²) >= 11 is 0. The van der Waals surface area contributed by atoms with Crippen molar-refractivity contribution < 1.29 is 4.74 Å². The van der Waals surface area contributed by atoms with Crippen LogP contribution in [0.15, 0.2) is 53.5 Å². The maximum Gasteiger partial charge on any atom is 0.191 e. The maximum atomic E-state index is 5.97. The number of hydrogen-bond donors (Lipinski definition) is 2. The van der Waals surface area contributed by atoms with Gasteiger partial charge in [0.2, 0.25) is 0 Å². The Kier molecular flexibility index (Phi) is 8.57. The van der Waals surface area contributed by atoms with Crippen LogP contribution in [-0.2, 0) is 11.3 Å². The van der Waals surface area contributed by atoms with E-state index in [0.29, 0.717) is 5.92 Å². The lowest BCUT2D eigenvalue weighted by atomic mass is 9.95. The lowest BCUT2D eigenvalue weighted by Crippen LogP contribution is -2.40. The minimum atomic E-state index is 0. The largest absolute Gasteiger partial charge is 0.373 e. The molecule has 1 fully saturated rings. The highest BCUT2D eigenvalue weighted by molar-refractivity contribution is 14.0. The smallest absolute Gasteiger partial charge is 0.191 e. The van der Waals surface area contributed by atoms with Crippen molar-refractivity contribution >= 4 is 29.9 Å². The highest BCUT2D eigenvalue weighted by Gasteiger charge is 2.29. The second kappa shape index (κ2) is 10.7. The molecule has 0 saturated carbocycles. The first-order valence-electron chi connectivity index (χ1n) is 9.34. The molecule has 0 aromatic heterocycles. The van der Waals surface area contributed by atoms with Gasteiger partial charge in [-0.3, -0.25) is 4.99 Å². The molecule has 2 aromatic rings. The third-order valence-corrected chi connectivity index (χ3v) is 5.04. The van der Waals surface area contributed by atoms with E-state index in [0.717, 1.165) is 32.1 Å². The second-order valence-corrected chi connectivity index (χ2v) is 6.99. The van der Waals surface area contributed by atoms with Crippen LogP contribution in [0.3, 0.4) is 0 Å². The highest BCUT2D eigenvalue weighted by Crippen LogP contribution is 2.33. The molecule has 0 spiro atoms. The summed E-state index contributed by atoms with van der Waals surface area (Å²) in [5.74, 6) is 1.29. The summed E-state index contributed by atoms with van der Waals surface area (Å²) in [5.41, 5.74) is 5.16. The van der Waals surface area contributed by atoms with E-state index in [9.17, 15) is 0 Å². The molecule has 5 heteroatoms. The molecule has 2 aromatic carbocycles. The molecule has 1 aliphatic rings. The molecule has 146 valence electrons. The molecule has 2 unspecified atom stereocenters. The van der Waals surface area contributed by atoms with Crippen LogP contribution in [0, 0.1) is 19.8 Å². The average molecular weight is 479 g/mol. The fourth-order valence-corrected chi connectivity index (χ4v) is 3.53. The quantitative estimate of drug-likeness (QED) is 0.381. The number of benzene rings is 2. The zero-order chi connectivity index (χ0) is 18.4. The first-order chi connectivity index (χ1) is 12.7. The van der Waals surface area contributed by atoms with Crippen molar-refractivity contribution in [3.8, 4) is 0 Å². The molecule has 3 rings (SSSR count). The van der Waals surface area contributed by atoms with Gasteiger partial charge in [-0.1, -0.05) is 54.1 Å². The molecule has 2 N–H and O–H groups in total. The number of aryl methyl sites for hydroxylation is 2. The molecule has 2 atom stereocenters. The molecule has 1 saturated heterocycles. The Morgan fingerprint density at radius 3 is 2.59 bits per heavy atom. The van der Waals surface area contributed by atoms with Crippen molar-refractivity contribution in [3.05, 3.63) is 70.8 Å². The zero-order valence-corrected chi connectivity index (χ0v) is 18.7. The zero-order valence-electron chi connectivity index (χ0n) is 16.4. The van der Waals surface area contributed by atoms with Gasteiger partial charge in [-0.25, -0.2) is 0 Å². The Labute approximate surface area is 179 Å². The number of rotatable bonds is 5. The number of nitrogens with zero attached hydrogens (tertiary/aromatic N) is 1. The Bertz CT molecular complexity index is 748. The Hall–Kier alpha value is -1.60. The number of halogens is 1. The normalized spacial score (nSPS) is 19.4. The molecule has 0 amide bonds. The molecular formula is C22H30IN3O. The average Bonchev–Trinajstić information content (AvgIpc) is 3.12. The summed E-state index contributed by atoms with van der Waals surface area (Å²) < 4.78 is 5.97. The monoisotopic (exact) mass is 479 g/mol. The number of ether oxygens (including phenoxy) is 1. The van der Waals surface area contributed by atoms with Gasteiger partial charge in [0.25, 0.3) is 0 Å². The van der Waals surface area contributed by atoms with E-state index in [2.05, 4.69) is 71.9 Å². The van der Waals surface area contributed by atoms with Gasteiger partial charge in [-0.2, -0.15) is 0 Å². The van der Waals surface area contributed by atoms with Crippen LogP contribution in [0.4, 0.5) is 0 Å². The highest BCUT2D eigenvalue weighted by atomic mass is 127. The molecule has 27 heavy (non-hydrogen) atoms. The van der Waals surface area contributed by atoms with Gasteiger partial charge in [-0.15, -0.1) is 24.0 Å². The second-order valence-electron chi connectivity index (χ2n) is 6.99. The number of aliphatic imine (C=N–C) groups is 1. The fraction of sp³-hybridized carbons (Fsp3) is 0.409. The van der Waals surface area contributed by atoms with Crippen molar-refractivity contribution in [3.63, 3.8) is 0 Å². The van der Waals surface area contributed by atoms with Gasteiger partial charge in [0.05, 0.1) is 6.10 Å². The third-order valence-electron chi connectivity index (χ3n) is 5.04. The van der Waals surface area contributed by atoms with Crippen molar-refractivity contribution in [1.82, 2.24) is 10.6 Å². The van der Waals surface area contributed by atoms with E-state index < -0.39 is 0 Å². The van der Waals surface area contributed by atoms with E-state index in [4.69, 9.17) is 4.74 Å². The topological polar surface area (TPSA) is 45.7 Å². The molecule has 0 bridgehead atoms. The SMILES string of the molecule is CN=C(NCc1ccc(C)cc1C)NCC1CCOC1c1ccccc1.I. The number of guanidine groups is 1. The molecular weight excluding hydrogens is 449 g/mol. The van der Waals surface area contributed by atoms with E-state index in [1.165, 1.54) is 22.3 Å². The van der Waals surface area contributed by atoms with Crippen LogP contribution in [0.5, 0.6) is 0 Å². The van der Waals surface area contributed by atoms with Crippen molar-refractivity contribution in [2.24, 2.45) is 10.9 Å². The van der Waals surface area contributed by atoms with E-state index >= 15 is 0 Å². The standard InChI is InChI=1S/C22H29N3O.HI/c1-16-9-10-19(17(2)13-16)14-24-22(23-3)25-15-20-11-12-26-21(20)18-7-5-4-6-8-18;/h4-10,13,20-21H,11-12,14-15H2,1-3H3,(H2,23,24,25);1H. The Balaban J connectivity index is 0.00000261. The third kappa shape index (κ3) is 5.94. The first-order valence-corrected chi connectivity index (χ1v) is 9.34. The van der Waals surface area contributed by atoms with Crippen LogP contribution in [-0.4, -0.2) is 26.2 Å². The van der Waals surface area contributed by atoms with Gasteiger partial charge in [0, 0.05) is 32.7 Å². The van der Waals surface area contributed by atoms with Crippen LogP contribution in [0.2, 0.25) is 0 Å². The van der Waals surface area contributed by atoms with Gasteiger partial charge >= 0.3 is 0 Å². The van der Waals surface area contributed by atoms with Crippen LogP contribution in [0.25, 0.3) is 0 Å². The molecule has 0 aliphatic carbocycles. The summed E-state index contributed by atoms with van der Waals surface area (Å²) in [6.07, 6.45) is 1.24. The summed E-state index contributed by atoms with van der Waals surface area (Å²) in [7, 11) is 1.82. The Morgan fingerprint density at radius 1 is 1.11 bits per heavy atom. The molecule has 1 aliphatic heterocycles. The van der Waals surface area contributed by atoms with Crippen molar-refractivity contribution in [2.45, 2.75) is 32.9 Å². The van der Waals surface area contributed by atoms with Gasteiger partial charge < -0.3 is 15.4 Å². The van der Waals surface area contributed by atoms with Crippen molar-refractivity contribution in [2.75, 3.05) is 20.2 Å². The first kappa shape index (κ1) is 21.7. The van der Waals surface area contributed by atoms with E-state index in [-0.39, 0.29) is 30.1 Å². The minimum absolute atomic E-state index is 0.